The van der Waals surface area contributed by atoms with Crippen molar-refractivity contribution in [3.63, 3.8) is 0 Å². The Bertz CT molecular complexity index is 551. The van der Waals surface area contributed by atoms with Gasteiger partial charge in [-0.05, 0) is 37.3 Å². The van der Waals surface area contributed by atoms with Gasteiger partial charge in [0.05, 0.1) is 17.9 Å². The van der Waals surface area contributed by atoms with Gasteiger partial charge in [0.15, 0.2) is 11.0 Å². The van der Waals surface area contributed by atoms with E-state index < -0.39 is 0 Å². The Labute approximate surface area is 116 Å². The fourth-order valence-corrected chi connectivity index (χ4v) is 2.84. The summed E-state index contributed by atoms with van der Waals surface area (Å²) in [5.41, 5.74) is 3.15. The van der Waals surface area contributed by atoms with Crippen molar-refractivity contribution in [1.82, 2.24) is 9.97 Å². The second kappa shape index (κ2) is 5.67. The third-order valence-corrected chi connectivity index (χ3v) is 4.13. The van der Waals surface area contributed by atoms with E-state index in [9.17, 15) is 0 Å². The molecule has 5 heteroatoms. The Morgan fingerprint density at radius 3 is 2.72 bits per heavy atom. The molecular weight excluding hydrogens is 266 g/mol. The van der Waals surface area contributed by atoms with E-state index in [4.69, 9.17) is 11.6 Å². The fraction of sp³-hybridized carbons (Fsp3) is 0.385. The lowest BCUT2D eigenvalue weighted by atomic mass is 10.2. The van der Waals surface area contributed by atoms with Gasteiger partial charge in [0.1, 0.15) is 0 Å². The second-order valence-corrected chi connectivity index (χ2v) is 5.47. The normalized spacial score (nSPS) is 10.7. The van der Waals surface area contributed by atoms with Crippen molar-refractivity contribution in [1.29, 1.82) is 0 Å². The molecule has 0 saturated heterocycles. The van der Waals surface area contributed by atoms with Gasteiger partial charge in [0, 0.05) is 4.88 Å². The van der Waals surface area contributed by atoms with Crippen LogP contribution in [0.25, 0.3) is 0 Å². The monoisotopic (exact) mass is 281 g/mol. The predicted molar refractivity (Wildman–Crippen MR) is 77.5 cm³/mol. The van der Waals surface area contributed by atoms with Crippen LogP contribution in [0.2, 0.25) is 5.15 Å². The number of hydrogen-bond acceptors (Lipinski definition) is 4. The van der Waals surface area contributed by atoms with Crippen molar-refractivity contribution in [3.8, 4) is 0 Å². The van der Waals surface area contributed by atoms with E-state index in [1.807, 2.05) is 13.8 Å². The molecule has 0 atom stereocenters. The van der Waals surface area contributed by atoms with Crippen LogP contribution in [-0.2, 0) is 13.0 Å². The fourth-order valence-electron chi connectivity index (χ4n) is 1.69. The number of nitrogens with one attached hydrogen (secondary N) is 1. The number of halogens is 1. The molecule has 2 heterocycles. The van der Waals surface area contributed by atoms with Gasteiger partial charge < -0.3 is 5.32 Å². The van der Waals surface area contributed by atoms with Gasteiger partial charge in [-0.15, -0.1) is 11.3 Å². The molecule has 18 heavy (non-hydrogen) atoms. The minimum atomic E-state index is 0.438. The van der Waals surface area contributed by atoms with Crippen LogP contribution in [-0.4, -0.2) is 9.97 Å². The van der Waals surface area contributed by atoms with Gasteiger partial charge in [0.2, 0.25) is 0 Å². The Kier molecular flexibility index (Phi) is 4.19. The molecule has 3 nitrogen and oxygen atoms in total. The van der Waals surface area contributed by atoms with Crippen LogP contribution >= 0.6 is 22.9 Å². The first-order valence-electron chi connectivity index (χ1n) is 5.91. The smallest absolute Gasteiger partial charge is 0.171 e. The molecule has 1 N–H and O–H groups in total. The van der Waals surface area contributed by atoms with Crippen LogP contribution < -0.4 is 5.32 Å². The van der Waals surface area contributed by atoms with Gasteiger partial charge in [0.25, 0.3) is 0 Å². The van der Waals surface area contributed by atoms with Crippen LogP contribution in [0.3, 0.4) is 0 Å². The molecule has 0 aromatic carbocycles. The average molecular weight is 282 g/mol. The van der Waals surface area contributed by atoms with Crippen molar-refractivity contribution >= 4 is 28.8 Å². The first kappa shape index (κ1) is 13.3. The maximum atomic E-state index is 6.08. The van der Waals surface area contributed by atoms with Crippen LogP contribution in [0.4, 0.5) is 5.82 Å². The standard InChI is InChI=1S/C13H16ClN3S/c1-4-10-5-6-18-11(10)7-15-13-12(14)16-8(2)9(3)17-13/h5-6H,4,7H2,1-3H3,(H,15,17). The van der Waals surface area contributed by atoms with Crippen molar-refractivity contribution in [2.24, 2.45) is 0 Å². The topological polar surface area (TPSA) is 37.8 Å². The van der Waals surface area contributed by atoms with E-state index >= 15 is 0 Å². The largest absolute Gasteiger partial charge is 0.363 e. The molecule has 0 amide bonds. The quantitative estimate of drug-likeness (QED) is 0.921. The number of aryl methyl sites for hydroxylation is 3. The summed E-state index contributed by atoms with van der Waals surface area (Å²) >= 11 is 7.84. The first-order chi connectivity index (χ1) is 8.61. The number of thiophene rings is 1. The number of hydrogen-bond donors (Lipinski definition) is 1. The molecule has 0 aliphatic heterocycles. The third kappa shape index (κ3) is 2.82. The minimum absolute atomic E-state index is 0.438. The van der Waals surface area contributed by atoms with Crippen molar-refractivity contribution in [2.45, 2.75) is 33.7 Å². The average Bonchev–Trinajstić information content (AvgIpc) is 2.79. The van der Waals surface area contributed by atoms with E-state index in [0.717, 1.165) is 24.4 Å². The summed E-state index contributed by atoms with van der Waals surface area (Å²) in [6.07, 6.45) is 1.05. The molecule has 2 aromatic heterocycles. The van der Waals surface area contributed by atoms with Crippen molar-refractivity contribution < 1.29 is 0 Å². The Morgan fingerprint density at radius 1 is 1.28 bits per heavy atom. The SMILES string of the molecule is CCc1ccsc1CNc1nc(C)c(C)nc1Cl. The molecule has 0 aliphatic rings. The molecule has 0 saturated carbocycles. The first-order valence-corrected chi connectivity index (χ1v) is 7.17. The van der Waals surface area contributed by atoms with Crippen LogP contribution in [0.5, 0.6) is 0 Å². The lowest BCUT2D eigenvalue weighted by Gasteiger charge is -2.09. The van der Waals surface area contributed by atoms with E-state index in [2.05, 4.69) is 33.7 Å². The summed E-state index contributed by atoms with van der Waals surface area (Å²) in [5, 5.41) is 5.82. The predicted octanol–water partition coefficient (Wildman–Crippen LogP) is 3.98. The maximum Gasteiger partial charge on any atom is 0.171 e. The number of anilines is 1. The molecule has 2 rings (SSSR count). The summed E-state index contributed by atoms with van der Waals surface area (Å²) in [6.45, 7) is 6.75. The molecule has 0 bridgehead atoms. The minimum Gasteiger partial charge on any atom is -0.363 e. The molecule has 0 aliphatic carbocycles. The highest BCUT2D eigenvalue weighted by Gasteiger charge is 2.08. The summed E-state index contributed by atoms with van der Waals surface area (Å²) in [4.78, 5) is 10.0. The maximum absolute atomic E-state index is 6.08. The number of aromatic nitrogens is 2. The van der Waals surface area contributed by atoms with Gasteiger partial charge in [-0.2, -0.15) is 0 Å². The van der Waals surface area contributed by atoms with E-state index in [0.29, 0.717) is 11.0 Å². The summed E-state index contributed by atoms with van der Waals surface area (Å²) < 4.78 is 0. The van der Waals surface area contributed by atoms with Crippen LogP contribution in [0, 0.1) is 13.8 Å². The lowest BCUT2D eigenvalue weighted by molar-refractivity contribution is 1.01. The van der Waals surface area contributed by atoms with Gasteiger partial charge in [-0.25, -0.2) is 9.97 Å². The molecule has 0 radical (unpaired) electrons. The Morgan fingerprint density at radius 2 is 2.00 bits per heavy atom. The van der Waals surface area contributed by atoms with Crippen molar-refractivity contribution in [2.75, 3.05) is 5.32 Å². The van der Waals surface area contributed by atoms with Crippen molar-refractivity contribution in [3.05, 3.63) is 38.4 Å². The summed E-state index contributed by atoms with van der Waals surface area (Å²) in [5.74, 6) is 0.662. The molecular formula is C13H16ClN3S. The summed E-state index contributed by atoms with van der Waals surface area (Å²) in [6, 6.07) is 2.16. The number of rotatable bonds is 4. The molecule has 0 spiro atoms. The molecule has 96 valence electrons. The number of nitrogens with zero attached hydrogens (tertiary/aromatic N) is 2. The highest BCUT2D eigenvalue weighted by Crippen LogP contribution is 2.22. The summed E-state index contributed by atoms with van der Waals surface area (Å²) in [7, 11) is 0. The van der Waals surface area contributed by atoms with E-state index in [1.54, 1.807) is 11.3 Å². The highest BCUT2D eigenvalue weighted by atomic mass is 35.5. The van der Waals surface area contributed by atoms with E-state index in [-0.39, 0.29) is 0 Å². The van der Waals surface area contributed by atoms with Gasteiger partial charge >= 0.3 is 0 Å². The zero-order valence-electron chi connectivity index (χ0n) is 10.7. The zero-order valence-corrected chi connectivity index (χ0v) is 12.3. The van der Waals surface area contributed by atoms with E-state index in [1.165, 1.54) is 10.4 Å². The Balaban J connectivity index is 2.13. The molecule has 2 aromatic rings. The van der Waals surface area contributed by atoms with Gasteiger partial charge in [-0.1, -0.05) is 18.5 Å². The molecule has 0 fully saturated rings. The molecule has 0 unspecified atom stereocenters. The zero-order chi connectivity index (χ0) is 13.1. The van der Waals surface area contributed by atoms with Crippen LogP contribution in [0.1, 0.15) is 28.8 Å². The Hall–Kier alpha value is -1.13. The lowest BCUT2D eigenvalue weighted by Crippen LogP contribution is -2.05. The third-order valence-electron chi connectivity index (χ3n) is 2.90. The highest BCUT2D eigenvalue weighted by molar-refractivity contribution is 7.10. The van der Waals surface area contributed by atoms with Crippen LogP contribution in [0.15, 0.2) is 11.4 Å². The second-order valence-electron chi connectivity index (χ2n) is 4.11. The van der Waals surface area contributed by atoms with Gasteiger partial charge in [-0.3, -0.25) is 0 Å².